The van der Waals surface area contributed by atoms with Crippen LogP contribution in [0.25, 0.3) is 0 Å². The van der Waals surface area contributed by atoms with Gasteiger partial charge in [-0.1, -0.05) is 18.2 Å². The Balaban J connectivity index is 1.39. The Morgan fingerprint density at radius 1 is 1.19 bits per heavy atom. The highest BCUT2D eigenvalue weighted by atomic mass is 32.2. The standard InChI is InChI=1S/C16H19NO3S/c18-15(14-11-12-3-1-2-4-13(12)21-14)17-7-5-16(6-8-17)19-9-10-20-16/h1-4,14H,5-11H2. The molecule has 1 spiro atoms. The smallest absolute Gasteiger partial charge is 0.236 e. The Bertz CT molecular complexity index is 521. The van der Waals surface area contributed by atoms with Crippen LogP contribution >= 0.6 is 11.8 Å². The van der Waals surface area contributed by atoms with Gasteiger partial charge in [-0.25, -0.2) is 0 Å². The van der Waals surface area contributed by atoms with E-state index in [1.807, 2.05) is 17.0 Å². The predicted octanol–water partition coefficient (Wildman–Crippen LogP) is 2.07. The van der Waals surface area contributed by atoms with Crippen LogP contribution in [-0.2, 0) is 20.7 Å². The van der Waals surface area contributed by atoms with Crippen molar-refractivity contribution in [3.8, 4) is 0 Å². The topological polar surface area (TPSA) is 38.8 Å². The monoisotopic (exact) mass is 305 g/mol. The number of hydrogen-bond acceptors (Lipinski definition) is 4. The fourth-order valence-electron chi connectivity index (χ4n) is 3.38. The van der Waals surface area contributed by atoms with Crippen molar-refractivity contribution in [2.75, 3.05) is 26.3 Å². The zero-order chi connectivity index (χ0) is 14.3. The number of ether oxygens (including phenoxy) is 2. The summed E-state index contributed by atoms with van der Waals surface area (Å²) in [6.07, 6.45) is 2.44. The van der Waals surface area contributed by atoms with Crippen LogP contribution in [0.15, 0.2) is 29.2 Å². The first kappa shape index (κ1) is 13.6. The lowest BCUT2D eigenvalue weighted by atomic mass is 10.0. The number of piperidine rings is 1. The molecule has 0 radical (unpaired) electrons. The predicted molar refractivity (Wildman–Crippen MR) is 80.2 cm³/mol. The lowest BCUT2D eigenvalue weighted by Gasteiger charge is -2.38. The van der Waals surface area contributed by atoms with Gasteiger partial charge >= 0.3 is 0 Å². The zero-order valence-corrected chi connectivity index (χ0v) is 12.7. The van der Waals surface area contributed by atoms with Gasteiger partial charge in [-0.05, 0) is 18.1 Å². The molecule has 4 rings (SSSR count). The van der Waals surface area contributed by atoms with E-state index in [0.29, 0.717) is 13.2 Å². The minimum atomic E-state index is -0.400. The summed E-state index contributed by atoms with van der Waals surface area (Å²) in [6, 6.07) is 8.32. The first-order valence-corrected chi connectivity index (χ1v) is 8.45. The molecule has 1 unspecified atom stereocenters. The van der Waals surface area contributed by atoms with Gasteiger partial charge in [0.15, 0.2) is 5.79 Å². The van der Waals surface area contributed by atoms with Crippen molar-refractivity contribution in [2.45, 2.75) is 35.2 Å². The maximum Gasteiger partial charge on any atom is 0.236 e. The molecule has 5 heteroatoms. The molecule has 4 nitrogen and oxygen atoms in total. The van der Waals surface area contributed by atoms with Gasteiger partial charge in [-0.3, -0.25) is 4.79 Å². The second-order valence-electron chi connectivity index (χ2n) is 5.85. The van der Waals surface area contributed by atoms with Gasteiger partial charge in [0, 0.05) is 30.8 Å². The quantitative estimate of drug-likeness (QED) is 0.796. The van der Waals surface area contributed by atoms with Crippen molar-refractivity contribution >= 4 is 17.7 Å². The highest BCUT2D eigenvalue weighted by Crippen LogP contribution is 2.39. The largest absolute Gasteiger partial charge is 0.347 e. The van der Waals surface area contributed by atoms with Gasteiger partial charge < -0.3 is 14.4 Å². The summed E-state index contributed by atoms with van der Waals surface area (Å²) in [5.41, 5.74) is 1.30. The maximum atomic E-state index is 12.7. The van der Waals surface area contributed by atoms with E-state index in [1.54, 1.807) is 11.8 Å². The number of thioether (sulfide) groups is 1. The third-order valence-electron chi connectivity index (χ3n) is 4.57. The van der Waals surface area contributed by atoms with E-state index in [9.17, 15) is 4.79 Å². The van der Waals surface area contributed by atoms with E-state index >= 15 is 0 Å². The lowest BCUT2D eigenvalue weighted by Crippen LogP contribution is -2.49. The summed E-state index contributed by atoms with van der Waals surface area (Å²) in [6.45, 7) is 2.85. The number of benzene rings is 1. The minimum absolute atomic E-state index is 0.0434. The zero-order valence-electron chi connectivity index (χ0n) is 11.9. The summed E-state index contributed by atoms with van der Waals surface area (Å²) in [5.74, 6) is -0.133. The number of amides is 1. The minimum Gasteiger partial charge on any atom is -0.347 e. The number of rotatable bonds is 1. The van der Waals surface area contributed by atoms with Crippen LogP contribution in [0.4, 0.5) is 0 Å². The fraction of sp³-hybridized carbons (Fsp3) is 0.562. The second kappa shape index (κ2) is 5.30. The van der Waals surface area contributed by atoms with Crippen molar-refractivity contribution < 1.29 is 14.3 Å². The number of carbonyl (C=O) groups is 1. The van der Waals surface area contributed by atoms with Crippen LogP contribution in [-0.4, -0.2) is 48.1 Å². The van der Waals surface area contributed by atoms with Gasteiger partial charge in [-0.15, -0.1) is 11.8 Å². The first-order chi connectivity index (χ1) is 10.3. The Labute approximate surface area is 128 Å². The molecule has 0 aliphatic carbocycles. The van der Waals surface area contributed by atoms with Crippen molar-refractivity contribution in [3.63, 3.8) is 0 Å². The molecule has 3 aliphatic rings. The third-order valence-corrected chi connectivity index (χ3v) is 5.88. The van der Waals surface area contributed by atoms with Gasteiger partial charge in [0.1, 0.15) is 0 Å². The normalized spacial score (nSPS) is 27.0. The average molecular weight is 305 g/mol. The van der Waals surface area contributed by atoms with Crippen LogP contribution < -0.4 is 0 Å². The highest BCUT2D eigenvalue weighted by molar-refractivity contribution is 8.01. The fourth-order valence-corrected chi connectivity index (χ4v) is 4.66. The first-order valence-electron chi connectivity index (χ1n) is 7.57. The Morgan fingerprint density at radius 2 is 1.90 bits per heavy atom. The molecule has 112 valence electrons. The molecule has 0 bridgehead atoms. The maximum absolute atomic E-state index is 12.7. The summed E-state index contributed by atoms with van der Waals surface area (Å²) in [5, 5.41) is 0.0434. The molecule has 3 heterocycles. The van der Waals surface area contributed by atoms with E-state index in [0.717, 1.165) is 32.4 Å². The summed E-state index contributed by atoms with van der Waals surface area (Å²) < 4.78 is 11.4. The Kier molecular flexibility index (Phi) is 3.44. The van der Waals surface area contributed by atoms with Gasteiger partial charge in [-0.2, -0.15) is 0 Å². The van der Waals surface area contributed by atoms with Crippen molar-refractivity contribution in [1.29, 1.82) is 0 Å². The van der Waals surface area contributed by atoms with E-state index in [1.165, 1.54) is 10.5 Å². The molecule has 1 aromatic carbocycles. The summed E-state index contributed by atoms with van der Waals surface area (Å²) >= 11 is 1.71. The lowest BCUT2D eigenvalue weighted by molar-refractivity contribution is -0.187. The molecule has 1 amide bonds. The van der Waals surface area contributed by atoms with Crippen molar-refractivity contribution in [2.24, 2.45) is 0 Å². The molecular formula is C16H19NO3S. The van der Waals surface area contributed by atoms with Crippen LogP contribution in [0.5, 0.6) is 0 Å². The number of fused-ring (bicyclic) bond motifs is 1. The molecule has 0 aromatic heterocycles. The van der Waals surface area contributed by atoms with Crippen LogP contribution in [0.1, 0.15) is 18.4 Å². The van der Waals surface area contributed by atoms with Gasteiger partial charge in [0.2, 0.25) is 5.91 Å². The average Bonchev–Trinajstić information content (AvgIpc) is 3.14. The highest BCUT2D eigenvalue weighted by Gasteiger charge is 2.42. The molecule has 21 heavy (non-hydrogen) atoms. The van der Waals surface area contributed by atoms with Gasteiger partial charge in [0.25, 0.3) is 0 Å². The van der Waals surface area contributed by atoms with Crippen molar-refractivity contribution in [1.82, 2.24) is 4.90 Å². The van der Waals surface area contributed by atoms with Gasteiger partial charge in [0.05, 0.1) is 18.5 Å². The molecule has 1 aromatic rings. The molecule has 2 saturated heterocycles. The number of likely N-dealkylation sites (tertiary alicyclic amines) is 1. The number of hydrogen-bond donors (Lipinski definition) is 0. The number of carbonyl (C=O) groups excluding carboxylic acids is 1. The molecule has 0 N–H and O–H groups in total. The van der Waals surface area contributed by atoms with E-state index in [4.69, 9.17) is 9.47 Å². The number of nitrogens with zero attached hydrogens (tertiary/aromatic N) is 1. The molecular weight excluding hydrogens is 286 g/mol. The summed E-state index contributed by atoms with van der Waals surface area (Å²) in [7, 11) is 0. The van der Waals surface area contributed by atoms with E-state index in [2.05, 4.69) is 12.1 Å². The van der Waals surface area contributed by atoms with Crippen LogP contribution in [0, 0.1) is 0 Å². The molecule has 2 fully saturated rings. The summed E-state index contributed by atoms with van der Waals surface area (Å²) in [4.78, 5) is 15.9. The second-order valence-corrected chi connectivity index (χ2v) is 7.10. The SMILES string of the molecule is O=C(C1Cc2ccccc2S1)N1CCC2(CC1)OCCO2. The molecule has 0 saturated carbocycles. The van der Waals surface area contributed by atoms with Crippen LogP contribution in [0.3, 0.4) is 0 Å². The van der Waals surface area contributed by atoms with E-state index in [-0.39, 0.29) is 11.2 Å². The molecule has 1 atom stereocenters. The molecule has 3 aliphatic heterocycles. The van der Waals surface area contributed by atoms with Crippen molar-refractivity contribution in [3.05, 3.63) is 29.8 Å². The van der Waals surface area contributed by atoms with Crippen LogP contribution in [0.2, 0.25) is 0 Å². The third kappa shape index (κ3) is 2.47. The van der Waals surface area contributed by atoms with E-state index < -0.39 is 5.79 Å². The Morgan fingerprint density at radius 3 is 2.62 bits per heavy atom. The Hall–Kier alpha value is -1.04.